The molecular weight excluding hydrogens is 287 g/mol. The number of benzene rings is 1. The molecule has 0 atom stereocenters. The molecule has 0 bridgehead atoms. The van der Waals surface area contributed by atoms with Crippen LogP contribution in [0.5, 0.6) is 5.75 Å². The van der Waals surface area contributed by atoms with E-state index in [4.69, 9.17) is 9.47 Å². The van der Waals surface area contributed by atoms with E-state index in [0.29, 0.717) is 17.0 Å². The topological polar surface area (TPSA) is 53.4 Å². The first-order valence-electron chi connectivity index (χ1n) is 6.85. The first-order valence-corrected chi connectivity index (χ1v) is 6.85. The molecule has 0 saturated heterocycles. The van der Waals surface area contributed by atoms with Gasteiger partial charge in [0.1, 0.15) is 5.60 Å². The summed E-state index contributed by atoms with van der Waals surface area (Å²) < 4.78 is 24.9. The Morgan fingerprint density at radius 1 is 1.27 bits per heavy atom. The fraction of sp³-hybridized carbons (Fsp3) is 0.375. The number of hydrogen-bond acceptors (Lipinski definition) is 4. The quantitative estimate of drug-likeness (QED) is 0.847. The van der Waals surface area contributed by atoms with Gasteiger partial charge in [0.2, 0.25) is 0 Å². The number of ether oxygens (including phenoxy) is 2. The zero-order valence-electron chi connectivity index (χ0n) is 13.3. The summed E-state index contributed by atoms with van der Waals surface area (Å²) in [6.07, 6.45) is -0.551. The zero-order valence-corrected chi connectivity index (χ0v) is 13.3. The number of aromatic nitrogens is 2. The van der Waals surface area contributed by atoms with Gasteiger partial charge in [-0.05, 0) is 52.0 Å². The normalized spacial score (nSPS) is 11.4. The molecule has 2 aromatic rings. The Kier molecular flexibility index (Phi) is 4.21. The number of nitrogens with zero attached hydrogens (tertiary/aromatic N) is 2. The molecule has 0 aliphatic rings. The van der Waals surface area contributed by atoms with Crippen molar-refractivity contribution in [2.24, 2.45) is 0 Å². The van der Waals surface area contributed by atoms with E-state index >= 15 is 0 Å². The smallest absolute Gasteiger partial charge is 0.435 e. The van der Waals surface area contributed by atoms with Crippen LogP contribution in [0, 0.1) is 12.7 Å². The Balaban J connectivity index is 2.35. The van der Waals surface area contributed by atoms with Crippen LogP contribution in [0.2, 0.25) is 0 Å². The molecule has 0 N–H and O–H groups in total. The molecule has 2 rings (SSSR count). The van der Waals surface area contributed by atoms with Crippen molar-refractivity contribution in [3.63, 3.8) is 0 Å². The molecule has 118 valence electrons. The van der Waals surface area contributed by atoms with E-state index in [-0.39, 0.29) is 5.75 Å². The maximum atomic E-state index is 13.5. The van der Waals surface area contributed by atoms with Crippen molar-refractivity contribution in [1.82, 2.24) is 9.78 Å². The summed E-state index contributed by atoms with van der Waals surface area (Å²) in [5.41, 5.74) is 1.23. The van der Waals surface area contributed by atoms with E-state index in [2.05, 4.69) is 5.10 Å². The molecule has 0 unspecified atom stereocenters. The molecule has 22 heavy (non-hydrogen) atoms. The van der Waals surface area contributed by atoms with Crippen LogP contribution in [0.15, 0.2) is 24.3 Å². The molecule has 0 fully saturated rings. The Labute approximate surface area is 128 Å². The number of carbonyl (C=O) groups is 1. The van der Waals surface area contributed by atoms with E-state index in [1.54, 1.807) is 39.8 Å². The zero-order chi connectivity index (χ0) is 16.5. The fourth-order valence-electron chi connectivity index (χ4n) is 1.92. The van der Waals surface area contributed by atoms with Gasteiger partial charge in [0.25, 0.3) is 0 Å². The van der Waals surface area contributed by atoms with Crippen molar-refractivity contribution < 1.29 is 18.7 Å². The van der Waals surface area contributed by atoms with Gasteiger partial charge in [-0.3, -0.25) is 0 Å². The summed E-state index contributed by atoms with van der Waals surface area (Å²) in [7, 11) is 1.40. The van der Waals surface area contributed by atoms with Crippen molar-refractivity contribution >= 4 is 6.09 Å². The van der Waals surface area contributed by atoms with Gasteiger partial charge in [-0.15, -0.1) is 0 Å². The average Bonchev–Trinajstić information content (AvgIpc) is 2.79. The Bertz CT molecular complexity index is 702. The van der Waals surface area contributed by atoms with Crippen LogP contribution >= 0.6 is 0 Å². The minimum absolute atomic E-state index is 0.127. The highest BCUT2D eigenvalue weighted by atomic mass is 19.1. The number of methoxy groups -OCH3 is 1. The largest absolute Gasteiger partial charge is 0.494 e. The third-order valence-corrected chi connectivity index (χ3v) is 2.90. The van der Waals surface area contributed by atoms with E-state index in [9.17, 15) is 9.18 Å². The van der Waals surface area contributed by atoms with Gasteiger partial charge in [0.05, 0.1) is 12.8 Å². The monoisotopic (exact) mass is 306 g/mol. The molecule has 0 saturated carbocycles. The third kappa shape index (κ3) is 3.44. The predicted octanol–water partition coefficient (Wildman–Crippen LogP) is 3.79. The lowest BCUT2D eigenvalue weighted by molar-refractivity contribution is 0.0511. The van der Waals surface area contributed by atoms with Gasteiger partial charge >= 0.3 is 6.09 Å². The van der Waals surface area contributed by atoms with Gasteiger partial charge in [0, 0.05) is 11.3 Å². The molecule has 1 aromatic heterocycles. The predicted molar refractivity (Wildman–Crippen MR) is 80.5 cm³/mol. The highest BCUT2D eigenvalue weighted by molar-refractivity contribution is 5.73. The second kappa shape index (κ2) is 5.79. The van der Waals surface area contributed by atoms with E-state index < -0.39 is 17.5 Å². The highest BCUT2D eigenvalue weighted by Gasteiger charge is 2.21. The number of carbonyl (C=O) groups excluding carboxylic acids is 1. The first-order chi connectivity index (χ1) is 10.2. The molecule has 0 spiro atoms. The van der Waals surface area contributed by atoms with Crippen LogP contribution in [-0.2, 0) is 4.74 Å². The lowest BCUT2D eigenvalue weighted by atomic mass is 10.1. The van der Waals surface area contributed by atoms with Crippen LogP contribution in [0.3, 0.4) is 0 Å². The first kappa shape index (κ1) is 16.0. The summed E-state index contributed by atoms with van der Waals surface area (Å²) in [6.45, 7) is 7.11. The Morgan fingerprint density at radius 3 is 2.55 bits per heavy atom. The standard InChI is InChI=1S/C16H19FN2O3/c1-10-8-13(11-6-7-12(17)14(9-11)21-5)18-19(10)15(20)22-16(2,3)4/h6-9H,1-5H3. The molecule has 0 radical (unpaired) electrons. The number of rotatable bonds is 2. The molecule has 0 amide bonds. The minimum Gasteiger partial charge on any atom is -0.494 e. The number of halogens is 1. The summed E-state index contributed by atoms with van der Waals surface area (Å²) in [5.74, 6) is -0.323. The van der Waals surface area contributed by atoms with Crippen molar-refractivity contribution in [1.29, 1.82) is 0 Å². The SMILES string of the molecule is COc1cc(-c2cc(C)n(C(=O)OC(C)(C)C)n2)ccc1F. The van der Waals surface area contributed by atoms with Gasteiger partial charge in [-0.25, -0.2) is 9.18 Å². The van der Waals surface area contributed by atoms with Crippen LogP contribution in [0.4, 0.5) is 9.18 Å². The van der Waals surface area contributed by atoms with Crippen molar-refractivity contribution in [2.45, 2.75) is 33.3 Å². The van der Waals surface area contributed by atoms with Gasteiger partial charge in [0.15, 0.2) is 11.6 Å². The van der Waals surface area contributed by atoms with Gasteiger partial charge < -0.3 is 9.47 Å². The summed E-state index contributed by atoms with van der Waals surface area (Å²) in [5, 5.41) is 4.23. The van der Waals surface area contributed by atoms with Gasteiger partial charge in [-0.1, -0.05) is 0 Å². The molecule has 5 nitrogen and oxygen atoms in total. The minimum atomic E-state index is -0.602. The Hall–Kier alpha value is -2.37. The third-order valence-electron chi connectivity index (χ3n) is 2.90. The van der Waals surface area contributed by atoms with Gasteiger partial charge in [-0.2, -0.15) is 9.78 Å². The fourth-order valence-corrected chi connectivity index (χ4v) is 1.92. The van der Waals surface area contributed by atoms with Crippen molar-refractivity contribution in [3.05, 3.63) is 35.8 Å². The lowest BCUT2D eigenvalue weighted by Gasteiger charge is -2.19. The second-order valence-electron chi connectivity index (χ2n) is 5.91. The van der Waals surface area contributed by atoms with Crippen molar-refractivity contribution in [2.75, 3.05) is 7.11 Å². The summed E-state index contributed by atoms with van der Waals surface area (Å²) >= 11 is 0. The highest BCUT2D eigenvalue weighted by Crippen LogP contribution is 2.26. The summed E-state index contributed by atoms with van der Waals surface area (Å²) in [4.78, 5) is 12.1. The average molecular weight is 306 g/mol. The lowest BCUT2D eigenvalue weighted by Crippen LogP contribution is -2.28. The maximum absolute atomic E-state index is 13.5. The second-order valence-corrected chi connectivity index (χ2v) is 5.91. The molecule has 0 aliphatic carbocycles. The number of hydrogen-bond donors (Lipinski definition) is 0. The maximum Gasteiger partial charge on any atom is 0.435 e. The molecule has 0 aliphatic heterocycles. The number of aryl methyl sites for hydroxylation is 1. The van der Waals surface area contributed by atoms with Crippen LogP contribution in [0.25, 0.3) is 11.3 Å². The Morgan fingerprint density at radius 2 is 1.95 bits per heavy atom. The molecule has 1 heterocycles. The molecule has 1 aromatic carbocycles. The van der Waals surface area contributed by atoms with E-state index in [1.807, 2.05) is 0 Å². The van der Waals surface area contributed by atoms with Crippen LogP contribution in [-0.4, -0.2) is 28.6 Å². The molecule has 6 heteroatoms. The van der Waals surface area contributed by atoms with Crippen molar-refractivity contribution in [3.8, 4) is 17.0 Å². The van der Waals surface area contributed by atoms with Crippen LogP contribution < -0.4 is 4.74 Å². The summed E-state index contributed by atoms with van der Waals surface area (Å²) in [6, 6.07) is 6.15. The van der Waals surface area contributed by atoms with E-state index in [1.165, 1.54) is 23.9 Å². The molecular formula is C16H19FN2O3. The van der Waals surface area contributed by atoms with Crippen LogP contribution in [0.1, 0.15) is 26.5 Å². The van der Waals surface area contributed by atoms with E-state index in [0.717, 1.165) is 0 Å².